The van der Waals surface area contributed by atoms with Gasteiger partial charge in [0.25, 0.3) is 0 Å². The average molecular weight is 312 g/mol. The van der Waals surface area contributed by atoms with Crippen molar-refractivity contribution in [3.05, 3.63) is 48.0 Å². The van der Waals surface area contributed by atoms with E-state index in [1.807, 2.05) is 31.2 Å². The number of aryl methyl sites for hydroxylation is 1. The normalized spacial score (nSPS) is 13.5. The molecule has 3 rings (SSSR count). The monoisotopic (exact) mass is 312 g/mol. The third-order valence-corrected chi connectivity index (χ3v) is 4.39. The third kappa shape index (κ3) is 3.92. The first-order chi connectivity index (χ1) is 10.8. The van der Waals surface area contributed by atoms with Crippen LogP contribution in [0.5, 0.6) is 0 Å². The largest absolute Gasteiger partial charge is 0.370 e. The summed E-state index contributed by atoms with van der Waals surface area (Å²) in [6.07, 6.45) is 12.9. The van der Waals surface area contributed by atoms with Gasteiger partial charge in [0, 0.05) is 43.0 Å². The molecule has 2 aromatic rings. The molecule has 22 heavy (non-hydrogen) atoms. The molecule has 1 aromatic heterocycles. The van der Waals surface area contributed by atoms with Crippen LogP contribution in [-0.2, 0) is 12.8 Å². The van der Waals surface area contributed by atoms with Gasteiger partial charge in [-0.25, -0.2) is 4.98 Å². The number of imidazole rings is 1. The predicted molar refractivity (Wildman–Crippen MR) is 93.1 cm³/mol. The first kappa shape index (κ1) is 16.2. The highest BCUT2D eigenvalue weighted by atomic mass is 32.2. The van der Waals surface area contributed by atoms with Gasteiger partial charge < -0.3 is 9.88 Å². The average Bonchev–Trinajstić information content (AvgIpc) is 3.01. The van der Waals surface area contributed by atoms with Crippen LogP contribution in [-0.4, -0.2) is 28.5 Å². The molecule has 0 spiro atoms. The van der Waals surface area contributed by atoms with Gasteiger partial charge in [-0.05, 0) is 12.5 Å². The van der Waals surface area contributed by atoms with Crippen LogP contribution in [0.25, 0.3) is 0 Å². The molecule has 1 aliphatic heterocycles. The van der Waals surface area contributed by atoms with Crippen LogP contribution in [0.3, 0.4) is 0 Å². The van der Waals surface area contributed by atoms with Crippen molar-refractivity contribution >= 4 is 17.6 Å². The van der Waals surface area contributed by atoms with E-state index in [4.69, 9.17) is 0 Å². The second-order valence-corrected chi connectivity index (χ2v) is 5.77. The summed E-state index contributed by atoms with van der Waals surface area (Å²) < 4.78 is 2.06. The Balaban J connectivity index is 0.000000847. The fraction of sp³-hybridized carbons (Fsp3) is 0.294. The van der Waals surface area contributed by atoms with E-state index in [9.17, 15) is 0 Å². The SMILES string of the molecule is C#C.Cn1ccnc1CSc1ccccc1C1=NCCCN1. The van der Waals surface area contributed by atoms with E-state index in [0.29, 0.717) is 0 Å². The van der Waals surface area contributed by atoms with Gasteiger partial charge >= 0.3 is 0 Å². The number of rotatable bonds is 4. The Morgan fingerprint density at radius 2 is 2.14 bits per heavy atom. The summed E-state index contributed by atoms with van der Waals surface area (Å²) in [4.78, 5) is 10.2. The van der Waals surface area contributed by atoms with Gasteiger partial charge in [-0.1, -0.05) is 18.2 Å². The van der Waals surface area contributed by atoms with Crippen molar-refractivity contribution in [1.82, 2.24) is 14.9 Å². The molecule has 1 aromatic carbocycles. The lowest BCUT2D eigenvalue weighted by Gasteiger charge is -2.17. The maximum absolute atomic E-state index is 4.59. The van der Waals surface area contributed by atoms with Gasteiger partial charge in [0.15, 0.2) is 0 Å². The fourth-order valence-corrected chi connectivity index (χ4v) is 3.24. The highest BCUT2D eigenvalue weighted by molar-refractivity contribution is 7.98. The second kappa shape index (κ2) is 8.30. The number of amidine groups is 1. The Morgan fingerprint density at radius 3 is 2.82 bits per heavy atom. The number of hydrogen-bond donors (Lipinski definition) is 1. The predicted octanol–water partition coefficient (Wildman–Crippen LogP) is 2.70. The molecular formula is C17H20N4S. The van der Waals surface area contributed by atoms with E-state index in [-0.39, 0.29) is 0 Å². The van der Waals surface area contributed by atoms with Crippen molar-refractivity contribution in [2.45, 2.75) is 17.1 Å². The second-order valence-electron chi connectivity index (χ2n) is 4.75. The summed E-state index contributed by atoms with van der Waals surface area (Å²) in [5, 5.41) is 3.40. The molecule has 1 aliphatic rings. The van der Waals surface area contributed by atoms with Crippen LogP contribution >= 0.6 is 11.8 Å². The van der Waals surface area contributed by atoms with Gasteiger partial charge in [0.1, 0.15) is 11.7 Å². The van der Waals surface area contributed by atoms with Gasteiger partial charge in [-0.3, -0.25) is 4.99 Å². The Hall–Kier alpha value is -2.19. The van der Waals surface area contributed by atoms with Gasteiger partial charge in [-0.15, -0.1) is 24.6 Å². The van der Waals surface area contributed by atoms with Crippen LogP contribution in [0.2, 0.25) is 0 Å². The lowest BCUT2D eigenvalue weighted by atomic mass is 10.2. The molecule has 0 unspecified atom stereocenters. The molecular weight excluding hydrogens is 292 g/mol. The lowest BCUT2D eigenvalue weighted by Crippen LogP contribution is -2.30. The van der Waals surface area contributed by atoms with Crippen LogP contribution in [0, 0.1) is 12.8 Å². The van der Waals surface area contributed by atoms with Gasteiger partial charge in [-0.2, -0.15) is 0 Å². The van der Waals surface area contributed by atoms with Crippen molar-refractivity contribution < 1.29 is 0 Å². The van der Waals surface area contributed by atoms with Gasteiger partial charge in [0.05, 0.1) is 5.75 Å². The summed E-state index contributed by atoms with van der Waals surface area (Å²) >= 11 is 1.81. The van der Waals surface area contributed by atoms with E-state index in [1.54, 1.807) is 0 Å². The zero-order valence-corrected chi connectivity index (χ0v) is 13.5. The number of aromatic nitrogens is 2. The maximum atomic E-state index is 4.59. The molecule has 114 valence electrons. The Morgan fingerprint density at radius 1 is 1.32 bits per heavy atom. The molecule has 1 N–H and O–H groups in total. The Bertz CT molecular complexity index is 657. The van der Waals surface area contributed by atoms with Gasteiger partial charge in [0.2, 0.25) is 0 Å². The number of benzene rings is 1. The molecule has 5 heteroatoms. The van der Waals surface area contributed by atoms with Crippen molar-refractivity contribution in [3.63, 3.8) is 0 Å². The molecule has 0 bridgehead atoms. The Labute approximate surface area is 136 Å². The molecule has 0 saturated carbocycles. The third-order valence-electron chi connectivity index (χ3n) is 3.32. The molecule has 0 saturated heterocycles. The highest BCUT2D eigenvalue weighted by Crippen LogP contribution is 2.26. The standard InChI is InChI=1S/C15H18N4S.C2H2/c1-19-10-9-16-14(19)11-20-13-6-3-2-5-12(13)15-17-7-4-8-18-15;1-2/h2-3,5-6,9-10H,4,7-8,11H2,1H3,(H,17,18);1-2H. The van der Waals surface area contributed by atoms with Crippen LogP contribution in [0.4, 0.5) is 0 Å². The maximum Gasteiger partial charge on any atom is 0.129 e. The zero-order chi connectivity index (χ0) is 15.8. The number of nitrogens with zero attached hydrogens (tertiary/aromatic N) is 3. The Kier molecular flexibility index (Phi) is 6.11. The van der Waals surface area contributed by atoms with E-state index in [1.165, 1.54) is 10.5 Å². The lowest BCUT2D eigenvalue weighted by molar-refractivity contribution is 0.741. The highest BCUT2D eigenvalue weighted by Gasteiger charge is 2.12. The smallest absolute Gasteiger partial charge is 0.129 e. The first-order valence-corrected chi connectivity index (χ1v) is 8.13. The number of hydrogen-bond acceptors (Lipinski definition) is 4. The molecule has 0 atom stereocenters. The summed E-state index contributed by atoms with van der Waals surface area (Å²) in [7, 11) is 2.03. The van der Waals surface area contributed by atoms with Crippen molar-refractivity contribution in [3.8, 4) is 12.8 Å². The molecule has 0 amide bonds. The number of nitrogens with one attached hydrogen (secondary N) is 1. The van der Waals surface area contributed by atoms with E-state index in [2.05, 4.69) is 57.0 Å². The first-order valence-electron chi connectivity index (χ1n) is 7.14. The van der Waals surface area contributed by atoms with E-state index < -0.39 is 0 Å². The topological polar surface area (TPSA) is 42.2 Å². The summed E-state index contributed by atoms with van der Waals surface area (Å²) in [6, 6.07) is 8.44. The molecule has 0 radical (unpaired) electrons. The summed E-state index contributed by atoms with van der Waals surface area (Å²) in [5.41, 5.74) is 1.20. The van der Waals surface area contributed by atoms with E-state index >= 15 is 0 Å². The van der Waals surface area contributed by atoms with Crippen molar-refractivity contribution in [2.24, 2.45) is 12.0 Å². The van der Waals surface area contributed by atoms with Crippen molar-refractivity contribution in [2.75, 3.05) is 13.1 Å². The minimum absolute atomic E-state index is 0.869. The van der Waals surface area contributed by atoms with Crippen LogP contribution in [0.15, 0.2) is 46.5 Å². The molecule has 0 aliphatic carbocycles. The van der Waals surface area contributed by atoms with Crippen molar-refractivity contribution in [1.29, 1.82) is 0 Å². The van der Waals surface area contributed by atoms with E-state index in [0.717, 1.165) is 36.9 Å². The molecule has 4 nitrogen and oxygen atoms in total. The molecule has 0 fully saturated rings. The minimum Gasteiger partial charge on any atom is -0.370 e. The summed E-state index contributed by atoms with van der Waals surface area (Å²) in [5.74, 6) is 2.98. The van der Waals surface area contributed by atoms with Crippen LogP contribution < -0.4 is 5.32 Å². The number of aliphatic imine (C=N–C) groups is 1. The van der Waals surface area contributed by atoms with Crippen LogP contribution in [0.1, 0.15) is 17.8 Å². The number of terminal acetylenes is 1. The number of thioether (sulfide) groups is 1. The zero-order valence-electron chi connectivity index (χ0n) is 12.7. The quantitative estimate of drug-likeness (QED) is 0.697. The molecule has 2 heterocycles. The summed E-state index contributed by atoms with van der Waals surface area (Å²) in [6.45, 7) is 1.93. The fourth-order valence-electron chi connectivity index (χ4n) is 2.18. The minimum atomic E-state index is 0.869.